The zero-order chi connectivity index (χ0) is 17.7. The third-order valence-electron chi connectivity index (χ3n) is 6.12. The van der Waals surface area contributed by atoms with Crippen LogP contribution in [-0.4, -0.2) is 43.4 Å². The van der Waals surface area contributed by atoms with Crippen molar-refractivity contribution in [1.82, 2.24) is 5.32 Å². The van der Waals surface area contributed by atoms with E-state index < -0.39 is 5.54 Å². The first-order valence-corrected chi connectivity index (χ1v) is 9.02. The molecule has 7 heteroatoms. The van der Waals surface area contributed by atoms with E-state index in [1.807, 2.05) is 38.1 Å². The molecule has 0 bridgehead atoms. The summed E-state index contributed by atoms with van der Waals surface area (Å²) in [7, 11) is 0. The highest BCUT2D eigenvalue weighted by atomic mass is 35.5. The molecule has 144 valence electrons. The van der Waals surface area contributed by atoms with E-state index in [1.54, 1.807) is 0 Å². The van der Waals surface area contributed by atoms with Crippen LogP contribution in [0.5, 0.6) is 11.5 Å². The number of hydrogen-bond donors (Lipinski definition) is 2. The Morgan fingerprint density at radius 3 is 2.81 bits per heavy atom. The molecule has 4 rings (SSSR count). The molecule has 2 aliphatic heterocycles. The van der Waals surface area contributed by atoms with E-state index in [1.165, 1.54) is 0 Å². The third kappa shape index (κ3) is 2.75. The summed E-state index contributed by atoms with van der Waals surface area (Å²) >= 11 is 0. The van der Waals surface area contributed by atoms with E-state index in [-0.39, 0.29) is 41.9 Å². The molecule has 0 radical (unpaired) electrons. The van der Waals surface area contributed by atoms with Gasteiger partial charge >= 0.3 is 0 Å². The lowest BCUT2D eigenvalue weighted by Gasteiger charge is -2.65. The molecule has 1 aromatic rings. The summed E-state index contributed by atoms with van der Waals surface area (Å²) in [6, 6.07) is 7.55. The summed E-state index contributed by atoms with van der Waals surface area (Å²) in [5, 5.41) is 2.99. The van der Waals surface area contributed by atoms with Crippen LogP contribution in [0, 0.1) is 11.3 Å². The molecular weight excluding hydrogens is 356 g/mol. The first kappa shape index (κ1) is 19.3. The van der Waals surface area contributed by atoms with E-state index in [0.717, 1.165) is 25.2 Å². The first-order valence-electron chi connectivity index (χ1n) is 9.02. The molecule has 2 fully saturated rings. The Morgan fingerprint density at radius 1 is 1.31 bits per heavy atom. The van der Waals surface area contributed by atoms with E-state index >= 15 is 0 Å². The number of para-hydroxylation sites is 2. The van der Waals surface area contributed by atoms with Crippen LogP contribution in [0.25, 0.3) is 0 Å². The smallest absolute Gasteiger partial charge is 0.241 e. The molecule has 0 aromatic heterocycles. The Bertz CT molecular complexity index is 683. The van der Waals surface area contributed by atoms with Crippen molar-refractivity contribution >= 4 is 18.3 Å². The van der Waals surface area contributed by atoms with Crippen LogP contribution in [-0.2, 0) is 9.53 Å². The second kappa shape index (κ2) is 6.91. The van der Waals surface area contributed by atoms with Gasteiger partial charge in [-0.1, -0.05) is 26.0 Å². The predicted octanol–water partition coefficient (Wildman–Crippen LogP) is 1.90. The van der Waals surface area contributed by atoms with Crippen molar-refractivity contribution in [3.05, 3.63) is 24.3 Å². The monoisotopic (exact) mass is 382 g/mol. The molecule has 1 amide bonds. The molecule has 26 heavy (non-hydrogen) atoms. The minimum atomic E-state index is -0.897. The average Bonchev–Trinajstić information content (AvgIpc) is 2.65. The number of nitrogens with two attached hydrogens (primary N) is 1. The Kier molecular flexibility index (Phi) is 5.12. The first-order chi connectivity index (χ1) is 11.9. The Labute approximate surface area is 160 Å². The summed E-state index contributed by atoms with van der Waals surface area (Å²) in [6.45, 7) is 5.59. The lowest BCUT2D eigenvalue weighted by molar-refractivity contribution is -0.225. The maximum Gasteiger partial charge on any atom is 0.241 e. The van der Waals surface area contributed by atoms with Crippen molar-refractivity contribution in [2.24, 2.45) is 17.1 Å². The van der Waals surface area contributed by atoms with Gasteiger partial charge in [-0.2, -0.15) is 0 Å². The lowest BCUT2D eigenvalue weighted by Crippen LogP contribution is -2.82. The molecule has 1 saturated carbocycles. The molecule has 6 nitrogen and oxygen atoms in total. The highest BCUT2D eigenvalue weighted by Gasteiger charge is 2.70. The van der Waals surface area contributed by atoms with Crippen molar-refractivity contribution in [2.45, 2.75) is 44.4 Å². The van der Waals surface area contributed by atoms with Crippen molar-refractivity contribution in [2.75, 3.05) is 19.8 Å². The third-order valence-corrected chi connectivity index (χ3v) is 6.12. The number of amides is 1. The van der Waals surface area contributed by atoms with Crippen LogP contribution in [0.1, 0.15) is 26.7 Å². The maximum absolute atomic E-state index is 12.9. The number of nitrogens with one attached hydrogen (secondary N) is 1. The van der Waals surface area contributed by atoms with Gasteiger partial charge in [0.15, 0.2) is 11.5 Å². The Balaban J connectivity index is 0.00000196. The van der Waals surface area contributed by atoms with Gasteiger partial charge in [0.2, 0.25) is 5.91 Å². The molecule has 3 N–H and O–H groups in total. The predicted molar refractivity (Wildman–Crippen MR) is 99.8 cm³/mol. The maximum atomic E-state index is 12.9. The molecule has 1 aromatic carbocycles. The molecule has 1 saturated heterocycles. The van der Waals surface area contributed by atoms with Crippen molar-refractivity contribution in [3.63, 3.8) is 0 Å². The molecule has 4 atom stereocenters. The highest BCUT2D eigenvalue weighted by Crippen LogP contribution is 2.57. The zero-order valence-corrected chi connectivity index (χ0v) is 16.0. The van der Waals surface area contributed by atoms with E-state index in [2.05, 4.69) is 5.32 Å². The largest absolute Gasteiger partial charge is 0.486 e. The van der Waals surface area contributed by atoms with Gasteiger partial charge in [0.25, 0.3) is 0 Å². The molecule has 2 heterocycles. The number of carbonyl (C=O) groups is 1. The highest BCUT2D eigenvalue weighted by molar-refractivity contribution is 5.89. The van der Waals surface area contributed by atoms with Gasteiger partial charge in [-0.15, -0.1) is 12.4 Å². The zero-order valence-electron chi connectivity index (χ0n) is 15.2. The standard InChI is InChI=1S/C19H26N2O4.ClH/c1-18(2)16-13(6-5-9-23-16)19(18,20)17(22)21-10-12-11-24-14-7-3-4-8-15(14)25-12;/h3-4,7-8,12-13,16H,5-6,9-11,20H2,1-2H3,(H,21,22);1H. The molecular formula is C19H27ClN2O4. The van der Waals surface area contributed by atoms with Crippen molar-refractivity contribution in [1.29, 1.82) is 0 Å². The average molecular weight is 383 g/mol. The topological polar surface area (TPSA) is 82.8 Å². The normalized spacial score (nSPS) is 33.9. The van der Waals surface area contributed by atoms with Crippen LogP contribution < -0.4 is 20.5 Å². The quantitative estimate of drug-likeness (QED) is 0.834. The van der Waals surface area contributed by atoms with Crippen molar-refractivity contribution < 1.29 is 19.0 Å². The lowest BCUT2D eigenvalue weighted by atomic mass is 9.46. The number of hydrogen-bond acceptors (Lipinski definition) is 5. The number of halogens is 1. The minimum Gasteiger partial charge on any atom is -0.486 e. The van der Waals surface area contributed by atoms with Gasteiger partial charge in [-0.05, 0) is 25.0 Å². The number of carbonyl (C=O) groups excluding carboxylic acids is 1. The van der Waals surface area contributed by atoms with Crippen LogP contribution >= 0.6 is 12.4 Å². The molecule has 1 aliphatic carbocycles. The van der Waals surface area contributed by atoms with E-state index in [9.17, 15) is 4.79 Å². The van der Waals surface area contributed by atoms with E-state index in [0.29, 0.717) is 18.9 Å². The fourth-order valence-corrected chi connectivity index (χ4v) is 4.55. The van der Waals surface area contributed by atoms with Crippen molar-refractivity contribution in [3.8, 4) is 11.5 Å². The van der Waals surface area contributed by atoms with Crippen LogP contribution in [0.3, 0.4) is 0 Å². The van der Waals surface area contributed by atoms with Gasteiger partial charge in [-0.25, -0.2) is 0 Å². The number of fused-ring (bicyclic) bond motifs is 2. The molecule has 4 unspecified atom stereocenters. The summed E-state index contributed by atoms with van der Waals surface area (Å²) in [5.74, 6) is 1.41. The second-order valence-electron chi connectivity index (χ2n) is 7.84. The second-order valence-corrected chi connectivity index (χ2v) is 7.84. The fraction of sp³-hybridized carbons (Fsp3) is 0.632. The number of ether oxygens (including phenoxy) is 3. The van der Waals surface area contributed by atoms with Gasteiger partial charge in [0, 0.05) is 17.9 Å². The van der Waals surface area contributed by atoms with Gasteiger partial charge in [-0.3, -0.25) is 4.79 Å². The number of rotatable bonds is 3. The summed E-state index contributed by atoms with van der Waals surface area (Å²) in [4.78, 5) is 12.9. The number of benzene rings is 1. The minimum absolute atomic E-state index is 0. The van der Waals surface area contributed by atoms with Gasteiger partial charge in [0.1, 0.15) is 18.2 Å². The Hall–Kier alpha value is -1.50. The fourth-order valence-electron chi connectivity index (χ4n) is 4.55. The molecule has 3 aliphatic rings. The Morgan fingerprint density at radius 2 is 2.04 bits per heavy atom. The molecule has 0 spiro atoms. The van der Waals surface area contributed by atoms with Crippen LogP contribution in [0.2, 0.25) is 0 Å². The summed E-state index contributed by atoms with van der Waals surface area (Å²) in [5.41, 5.74) is 5.33. The summed E-state index contributed by atoms with van der Waals surface area (Å²) < 4.78 is 17.5. The van der Waals surface area contributed by atoms with Gasteiger partial charge in [0.05, 0.1) is 12.6 Å². The SMILES string of the molecule is CC1(C)C2OCCCC2C1(N)C(=O)NCC1COc2ccccc2O1.Cl. The van der Waals surface area contributed by atoms with Crippen LogP contribution in [0.15, 0.2) is 24.3 Å². The summed E-state index contributed by atoms with van der Waals surface area (Å²) in [6.07, 6.45) is 1.75. The van der Waals surface area contributed by atoms with Crippen LogP contribution in [0.4, 0.5) is 0 Å². The van der Waals surface area contributed by atoms with Gasteiger partial charge < -0.3 is 25.3 Å². The van der Waals surface area contributed by atoms with E-state index in [4.69, 9.17) is 19.9 Å².